The second kappa shape index (κ2) is 7.92. The standard InChI is InChI=1S/C18H14F2N2O3S/c1-24-17-6-11(2-5-16(17)25-8-13-9-26-10-21-13)18(23)22-15-7-12(19)3-4-14(15)20/h2-7,9-10H,8H2,1H3,(H,22,23). The summed E-state index contributed by atoms with van der Waals surface area (Å²) < 4.78 is 37.8. The number of carbonyl (C=O) groups is 1. The number of thiazole rings is 1. The van der Waals surface area contributed by atoms with Gasteiger partial charge in [0, 0.05) is 17.0 Å². The molecular formula is C18H14F2N2O3S. The van der Waals surface area contributed by atoms with Crippen LogP contribution in [0.1, 0.15) is 16.1 Å². The molecule has 0 spiro atoms. The lowest BCUT2D eigenvalue weighted by atomic mass is 10.1. The predicted octanol–water partition coefficient (Wildman–Crippen LogP) is 4.26. The van der Waals surface area contributed by atoms with Crippen LogP contribution < -0.4 is 14.8 Å². The molecule has 0 atom stereocenters. The first-order chi connectivity index (χ1) is 12.6. The molecule has 5 nitrogen and oxygen atoms in total. The molecule has 1 amide bonds. The maximum atomic E-state index is 13.7. The second-order valence-electron chi connectivity index (χ2n) is 5.21. The first-order valence-electron chi connectivity index (χ1n) is 7.51. The lowest BCUT2D eigenvalue weighted by molar-refractivity contribution is 0.102. The van der Waals surface area contributed by atoms with Gasteiger partial charge in [0.25, 0.3) is 5.91 Å². The molecule has 0 saturated heterocycles. The number of nitrogens with zero attached hydrogens (tertiary/aromatic N) is 1. The molecule has 26 heavy (non-hydrogen) atoms. The highest BCUT2D eigenvalue weighted by Crippen LogP contribution is 2.29. The van der Waals surface area contributed by atoms with Crippen LogP contribution in [0.2, 0.25) is 0 Å². The van der Waals surface area contributed by atoms with Gasteiger partial charge in [-0.15, -0.1) is 11.3 Å². The van der Waals surface area contributed by atoms with Gasteiger partial charge in [0.05, 0.1) is 24.0 Å². The van der Waals surface area contributed by atoms with Crippen molar-refractivity contribution in [3.8, 4) is 11.5 Å². The van der Waals surface area contributed by atoms with Crippen LogP contribution in [-0.4, -0.2) is 18.0 Å². The number of halogens is 2. The highest BCUT2D eigenvalue weighted by atomic mass is 32.1. The zero-order valence-electron chi connectivity index (χ0n) is 13.7. The zero-order chi connectivity index (χ0) is 18.5. The molecular weight excluding hydrogens is 362 g/mol. The molecule has 1 heterocycles. The highest BCUT2D eigenvalue weighted by Gasteiger charge is 2.14. The number of rotatable bonds is 6. The summed E-state index contributed by atoms with van der Waals surface area (Å²) in [6.07, 6.45) is 0. The minimum atomic E-state index is -0.727. The van der Waals surface area contributed by atoms with Crippen molar-refractivity contribution in [3.05, 3.63) is 70.2 Å². The molecule has 134 valence electrons. The molecule has 0 aliphatic rings. The number of carbonyl (C=O) groups excluding carboxylic acids is 1. The van der Waals surface area contributed by atoms with Gasteiger partial charge in [-0.25, -0.2) is 13.8 Å². The lowest BCUT2D eigenvalue weighted by Crippen LogP contribution is -2.13. The van der Waals surface area contributed by atoms with E-state index in [-0.39, 0.29) is 17.9 Å². The number of methoxy groups -OCH3 is 1. The third-order valence-corrected chi connectivity index (χ3v) is 4.10. The quantitative estimate of drug-likeness (QED) is 0.698. The smallest absolute Gasteiger partial charge is 0.255 e. The molecule has 0 fully saturated rings. The van der Waals surface area contributed by atoms with E-state index in [9.17, 15) is 13.6 Å². The van der Waals surface area contributed by atoms with Crippen LogP contribution in [0.15, 0.2) is 47.3 Å². The average Bonchev–Trinajstić information content (AvgIpc) is 3.16. The van der Waals surface area contributed by atoms with Gasteiger partial charge in [0.15, 0.2) is 11.5 Å². The summed E-state index contributed by atoms with van der Waals surface area (Å²) in [6.45, 7) is 0.264. The van der Waals surface area contributed by atoms with Crippen molar-refractivity contribution in [2.45, 2.75) is 6.61 Å². The monoisotopic (exact) mass is 376 g/mol. The van der Waals surface area contributed by atoms with Crippen molar-refractivity contribution in [1.29, 1.82) is 0 Å². The number of amides is 1. The lowest BCUT2D eigenvalue weighted by Gasteiger charge is -2.12. The molecule has 0 saturated carbocycles. The molecule has 0 radical (unpaired) electrons. The van der Waals surface area contributed by atoms with Crippen LogP contribution in [-0.2, 0) is 6.61 Å². The van der Waals surface area contributed by atoms with Crippen LogP contribution in [0.5, 0.6) is 11.5 Å². The normalized spacial score (nSPS) is 10.4. The molecule has 1 aromatic heterocycles. The summed E-state index contributed by atoms with van der Waals surface area (Å²) in [5, 5.41) is 4.20. The van der Waals surface area contributed by atoms with E-state index in [4.69, 9.17) is 9.47 Å². The minimum absolute atomic E-state index is 0.214. The number of nitrogens with one attached hydrogen (secondary N) is 1. The van der Waals surface area contributed by atoms with Crippen LogP contribution >= 0.6 is 11.3 Å². The van der Waals surface area contributed by atoms with Crippen molar-refractivity contribution in [1.82, 2.24) is 4.98 Å². The Bertz CT molecular complexity index is 917. The van der Waals surface area contributed by atoms with Crippen LogP contribution in [0.3, 0.4) is 0 Å². The van der Waals surface area contributed by atoms with Gasteiger partial charge in [0.2, 0.25) is 0 Å². The van der Waals surface area contributed by atoms with Gasteiger partial charge in [0.1, 0.15) is 18.2 Å². The number of hydrogen-bond acceptors (Lipinski definition) is 5. The summed E-state index contributed by atoms with van der Waals surface area (Å²) in [5.74, 6) is -1.19. The maximum absolute atomic E-state index is 13.7. The van der Waals surface area contributed by atoms with E-state index in [1.165, 1.54) is 30.6 Å². The number of ether oxygens (including phenoxy) is 2. The summed E-state index contributed by atoms with van der Waals surface area (Å²) >= 11 is 1.46. The summed E-state index contributed by atoms with van der Waals surface area (Å²) in [7, 11) is 1.44. The molecule has 0 aliphatic carbocycles. The predicted molar refractivity (Wildman–Crippen MR) is 93.8 cm³/mol. The summed E-state index contributed by atoms with van der Waals surface area (Å²) in [4.78, 5) is 16.4. The van der Waals surface area contributed by atoms with Crippen molar-refractivity contribution in [2.24, 2.45) is 0 Å². The van der Waals surface area contributed by atoms with Crippen molar-refractivity contribution in [2.75, 3.05) is 12.4 Å². The van der Waals surface area contributed by atoms with Gasteiger partial charge in [-0.1, -0.05) is 0 Å². The van der Waals surface area contributed by atoms with Gasteiger partial charge in [-0.2, -0.15) is 0 Å². The largest absolute Gasteiger partial charge is 0.493 e. The summed E-state index contributed by atoms with van der Waals surface area (Å²) in [5.41, 5.74) is 2.46. The maximum Gasteiger partial charge on any atom is 0.255 e. The zero-order valence-corrected chi connectivity index (χ0v) is 14.5. The van der Waals surface area contributed by atoms with Gasteiger partial charge in [-0.05, 0) is 30.3 Å². The van der Waals surface area contributed by atoms with Crippen molar-refractivity contribution >= 4 is 22.9 Å². The fraction of sp³-hybridized carbons (Fsp3) is 0.111. The van der Waals surface area contributed by atoms with E-state index in [0.717, 1.165) is 23.9 Å². The Morgan fingerprint density at radius 2 is 2.04 bits per heavy atom. The Labute approximate surface area is 152 Å². The Morgan fingerprint density at radius 1 is 1.19 bits per heavy atom. The molecule has 3 rings (SSSR count). The van der Waals surface area contributed by atoms with E-state index in [1.54, 1.807) is 11.6 Å². The first kappa shape index (κ1) is 17.8. The minimum Gasteiger partial charge on any atom is -0.493 e. The van der Waals surface area contributed by atoms with E-state index in [1.807, 2.05) is 5.38 Å². The molecule has 8 heteroatoms. The number of benzene rings is 2. The van der Waals surface area contributed by atoms with Crippen LogP contribution in [0.25, 0.3) is 0 Å². The van der Waals surface area contributed by atoms with Gasteiger partial charge < -0.3 is 14.8 Å². The van der Waals surface area contributed by atoms with Crippen molar-refractivity contribution in [3.63, 3.8) is 0 Å². The molecule has 3 aromatic rings. The Hall–Kier alpha value is -3.00. The highest BCUT2D eigenvalue weighted by molar-refractivity contribution is 7.07. The van der Waals surface area contributed by atoms with E-state index in [2.05, 4.69) is 10.3 Å². The van der Waals surface area contributed by atoms with Gasteiger partial charge >= 0.3 is 0 Å². The van der Waals surface area contributed by atoms with E-state index in [0.29, 0.717) is 11.5 Å². The Morgan fingerprint density at radius 3 is 2.77 bits per heavy atom. The SMILES string of the molecule is COc1cc(C(=O)Nc2cc(F)ccc2F)ccc1OCc1cscn1. The van der Waals surface area contributed by atoms with E-state index >= 15 is 0 Å². The van der Waals surface area contributed by atoms with E-state index < -0.39 is 17.5 Å². The molecule has 0 unspecified atom stereocenters. The third-order valence-electron chi connectivity index (χ3n) is 3.46. The summed E-state index contributed by atoms with van der Waals surface area (Å²) in [6, 6.07) is 7.37. The van der Waals surface area contributed by atoms with Gasteiger partial charge in [-0.3, -0.25) is 4.79 Å². The molecule has 1 N–H and O–H groups in total. The Kier molecular flexibility index (Phi) is 5.43. The molecule has 0 bridgehead atoms. The second-order valence-corrected chi connectivity index (χ2v) is 5.93. The Balaban J connectivity index is 1.75. The topological polar surface area (TPSA) is 60.5 Å². The third kappa shape index (κ3) is 4.15. The molecule has 2 aromatic carbocycles. The van der Waals surface area contributed by atoms with Crippen molar-refractivity contribution < 1.29 is 23.0 Å². The number of hydrogen-bond donors (Lipinski definition) is 1. The molecule has 0 aliphatic heterocycles. The fourth-order valence-electron chi connectivity index (χ4n) is 2.18. The average molecular weight is 376 g/mol. The van der Waals surface area contributed by atoms with Crippen LogP contribution in [0, 0.1) is 11.6 Å². The van der Waals surface area contributed by atoms with Crippen LogP contribution in [0.4, 0.5) is 14.5 Å². The number of anilines is 1. The fourth-order valence-corrected chi connectivity index (χ4v) is 2.72. The first-order valence-corrected chi connectivity index (χ1v) is 8.45. The number of aromatic nitrogens is 1.